The van der Waals surface area contributed by atoms with Crippen LogP contribution in [0, 0.1) is 16.0 Å². The van der Waals surface area contributed by atoms with Crippen molar-refractivity contribution >= 4 is 17.3 Å². The molecule has 1 unspecified atom stereocenters. The number of aliphatic hydroxyl groups excluding tert-OH is 1. The third kappa shape index (κ3) is 3.58. The zero-order valence-electron chi connectivity index (χ0n) is 12.5. The monoisotopic (exact) mass is 347 g/mol. The number of nitrogens with zero attached hydrogens (tertiary/aromatic N) is 2. The molecule has 1 atom stereocenters. The van der Waals surface area contributed by atoms with Crippen LogP contribution >= 0.6 is 0 Å². The molecule has 0 bridgehead atoms. The number of alkyl halides is 3. The standard InChI is InChI=1S/C14H16F3N3O4/c15-14(16,17)12(21)8-4-6-19(7-5-8)13(22)9-2-1-3-10(11(9)18)20(23)24/h1-3,8,12,21H,4-7,18H2. The van der Waals surface area contributed by atoms with Crippen LogP contribution in [0.15, 0.2) is 18.2 Å². The first-order chi connectivity index (χ1) is 11.1. The van der Waals surface area contributed by atoms with Crippen LogP contribution in [-0.4, -0.2) is 46.2 Å². The van der Waals surface area contributed by atoms with Crippen LogP contribution in [0.1, 0.15) is 23.2 Å². The van der Waals surface area contributed by atoms with Gasteiger partial charge in [-0.25, -0.2) is 0 Å². The van der Waals surface area contributed by atoms with E-state index in [0.29, 0.717) is 0 Å². The highest BCUT2D eigenvalue weighted by atomic mass is 19.4. The molecule has 132 valence electrons. The van der Waals surface area contributed by atoms with Crippen molar-refractivity contribution in [3.63, 3.8) is 0 Å². The summed E-state index contributed by atoms with van der Waals surface area (Å²) >= 11 is 0. The van der Waals surface area contributed by atoms with Gasteiger partial charge in [-0.2, -0.15) is 13.2 Å². The Kier molecular flexibility index (Phi) is 4.97. The number of anilines is 1. The minimum absolute atomic E-state index is 0.0127. The molecule has 7 nitrogen and oxygen atoms in total. The number of benzene rings is 1. The Balaban J connectivity index is 2.09. The molecular weight excluding hydrogens is 331 g/mol. The van der Waals surface area contributed by atoms with Crippen molar-refractivity contribution in [3.8, 4) is 0 Å². The zero-order valence-corrected chi connectivity index (χ0v) is 12.5. The minimum atomic E-state index is -4.69. The molecule has 1 aliphatic rings. The summed E-state index contributed by atoms with van der Waals surface area (Å²) in [6, 6.07) is 3.82. The molecule has 2 rings (SSSR count). The Hall–Kier alpha value is -2.36. The number of nitro groups is 1. The number of nitrogen functional groups attached to an aromatic ring is 1. The summed E-state index contributed by atoms with van der Waals surface area (Å²) in [4.78, 5) is 23.8. The Morgan fingerprint density at radius 1 is 1.38 bits per heavy atom. The lowest BCUT2D eigenvalue weighted by Gasteiger charge is -2.34. The number of carbonyl (C=O) groups excluding carboxylic acids is 1. The number of piperidine rings is 1. The molecule has 3 N–H and O–H groups in total. The van der Waals surface area contributed by atoms with Gasteiger partial charge in [0.25, 0.3) is 11.6 Å². The van der Waals surface area contributed by atoms with Gasteiger partial charge in [-0.05, 0) is 24.8 Å². The lowest BCUT2D eigenvalue weighted by Crippen LogP contribution is -2.45. The quantitative estimate of drug-likeness (QED) is 0.493. The van der Waals surface area contributed by atoms with Gasteiger partial charge in [0.1, 0.15) is 5.69 Å². The summed E-state index contributed by atoms with van der Waals surface area (Å²) < 4.78 is 37.5. The first-order valence-corrected chi connectivity index (χ1v) is 7.20. The second kappa shape index (κ2) is 6.63. The van der Waals surface area contributed by atoms with Crippen LogP contribution in [0.2, 0.25) is 0 Å². The summed E-state index contributed by atoms with van der Waals surface area (Å²) in [6.45, 7) is 0.0253. The maximum atomic E-state index is 12.5. The normalized spacial score (nSPS) is 17.6. The van der Waals surface area contributed by atoms with Crippen LogP contribution in [0.3, 0.4) is 0 Å². The van der Waals surface area contributed by atoms with Crippen LogP contribution in [0.25, 0.3) is 0 Å². The summed E-state index contributed by atoms with van der Waals surface area (Å²) in [5.41, 5.74) is 4.92. The van der Waals surface area contributed by atoms with Crippen LogP contribution < -0.4 is 5.73 Å². The fraction of sp³-hybridized carbons (Fsp3) is 0.500. The molecule has 0 spiro atoms. The maximum absolute atomic E-state index is 12.5. The number of amides is 1. The Morgan fingerprint density at radius 2 is 1.96 bits per heavy atom. The van der Waals surface area contributed by atoms with E-state index < -0.39 is 34.7 Å². The van der Waals surface area contributed by atoms with Crippen LogP contribution in [0.4, 0.5) is 24.5 Å². The van der Waals surface area contributed by atoms with Gasteiger partial charge in [-0.3, -0.25) is 14.9 Å². The van der Waals surface area contributed by atoms with E-state index in [1.54, 1.807) is 0 Å². The average Bonchev–Trinajstić information content (AvgIpc) is 2.52. The summed E-state index contributed by atoms with van der Waals surface area (Å²) in [5.74, 6) is -1.55. The molecule has 1 heterocycles. The molecule has 1 fully saturated rings. The van der Waals surface area contributed by atoms with E-state index in [9.17, 15) is 33.2 Å². The molecular formula is C14H16F3N3O4. The molecule has 1 amide bonds. The molecule has 0 saturated carbocycles. The smallest absolute Gasteiger partial charge is 0.393 e. The topological polar surface area (TPSA) is 110 Å². The summed E-state index contributed by atoms with van der Waals surface area (Å²) in [5, 5.41) is 20.1. The number of nitrogens with two attached hydrogens (primary N) is 1. The number of para-hydroxylation sites is 1. The molecule has 10 heteroatoms. The second-order valence-electron chi connectivity index (χ2n) is 5.61. The van der Waals surface area contributed by atoms with Gasteiger partial charge >= 0.3 is 6.18 Å². The van der Waals surface area contributed by atoms with Crippen molar-refractivity contribution < 1.29 is 28.0 Å². The van der Waals surface area contributed by atoms with Gasteiger partial charge < -0.3 is 15.7 Å². The first-order valence-electron chi connectivity index (χ1n) is 7.20. The van der Waals surface area contributed by atoms with Crippen LogP contribution in [0.5, 0.6) is 0 Å². The SMILES string of the molecule is Nc1c(C(=O)N2CCC(C(O)C(F)(F)F)CC2)cccc1[N+](=O)[O-]. The summed E-state index contributed by atoms with van der Waals surface area (Å²) in [7, 11) is 0. The summed E-state index contributed by atoms with van der Waals surface area (Å²) in [6.07, 6.45) is -7.14. The number of hydrogen-bond acceptors (Lipinski definition) is 5. The Bertz CT molecular complexity index is 643. The lowest BCUT2D eigenvalue weighted by molar-refractivity contribution is -0.383. The number of aliphatic hydroxyl groups is 1. The zero-order chi connectivity index (χ0) is 18.1. The van der Waals surface area contributed by atoms with Gasteiger partial charge in [0, 0.05) is 19.2 Å². The molecule has 1 aromatic carbocycles. The molecule has 0 aliphatic carbocycles. The Morgan fingerprint density at radius 3 is 2.46 bits per heavy atom. The van der Waals surface area contributed by atoms with E-state index in [2.05, 4.69) is 0 Å². The molecule has 0 aromatic heterocycles. The third-order valence-corrected chi connectivity index (χ3v) is 4.12. The number of rotatable bonds is 3. The average molecular weight is 347 g/mol. The van der Waals surface area contributed by atoms with E-state index in [1.165, 1.54) is 17.0 Å². The Labute approximate surface area is 135 Å². The highest BCUT2D eigenvalue weighted by molar-refractivity contribution is 6.01. The third-order valence-electron chi connectivity index (χ3n) is 4.12. The highest BCUT2D eigenvalue weighted by Gasteiger charge is 2.44. The second-order valence-corrected chi connectivity index (χ2v) is 5.61. The number of halogens is 3. The van der Waals surface area contributed by atoms with Gasteiger partial charge in [-0.1, -0.05) is 6.07 Å². The van der Waals surface area contributed by atoms with Gasteiger partial charge in [0.2, 0.25) is 0 Å². The fourth-order valence-electron chi connectivity index (χ4n) is 2.75. The largest absolute Gasteiger partial charge is 0.414 e. The number of nitro benzene ring substituents is 1. The molecule has 0 radical (unpaired) electrons. The maximum Gasteiger partial charge on any atom is 0.414 e. The van der Waals surface area contributed by atoms with Crippen molar-refractivity contribution in [2.75, 3.05) is 18.8 Å². The fourth-order valence-corrected chi connectivity index (χ4v) is 2.75. The van der Waals surface area contributed by atoms with Crippen LogP contribution in [-0.2, 0) is 0 Å². The van der Waals surface area contributed by atoms with Gasteiger partial charge in [0.15, 0.2) is 6.10 Å². The minimum Gasteiger partial charge on any atom is -0.393 e. The van der Waals surface area contributed by atoms with Crippen molar-refractivity contribution in [1.82, 2.24) is 4.90 Å². The predicted molar refractivity (Wildman–Crippen MR) is 78.2 cm³/mol. The number of carbonyl (C=O) groups is 1. The van der Waals surface area contributed by atoms with Gasteiger partial charge in [0.05, 0.1) is 10.5 Å². The molecule has 1 saturated heterocycles. The van der Waals surface area contributed by atoms with E-state index in [4.69, 9.17) is 5.73 Å². The first kappa shape index (κ1) is 18.0. The molecule has 1 aromatic rings. The highest BCUT2D eigenvalue weighted by Crippen LogP contribution is 2.33. The lowest BCUT2D eigenvalue weighted by atomic mass is 9.90. The van der Waals surface area contributed by atoms with Gasteiger partial charge in [-0.15, -0.1) is 0 Å². The van der Waals surface area contributed by atoms with Crippen molar-refractivity contribution in [3.05, 3.63) is 33.9 Å². The van der Waals surface area contributed by atoms with E-state index in [0.717, 1.165) is 6.07 Å². The predicted octanol–water partition coefficient (Wildman–Crippen LogP) is 1.95. The van der Waals surface area contributed by atoms with E-state index in [1.807, 2.05) is 0 Å². The van der Waals surface area contributed by atoms with Crippen molar-refractivity contribution in [2.24, 2.45) is 5.92 Å². The van der Waals surface area contributed by atoms with Crippen molar-refractivity contribution in [1.29, 1.82) is 0 Å². The van der Waals surface area contributed by atoms with Crippen molar-refractivity contribution in [2.45, 2.75) is 25.1 Å². The van der Waals surface area contributed by atoms with E-state index in [-0.39, 0.29) is 37.2 Å². The molecule has 24 heavy (non-hydrogen) atoms. The number of likely N-dealkylation sites (tertiary alicyclic amines) is 1. The van der Waals surface area contributed by atoms with E-state index >= 15 is 0 Å². The molecule has 1 aliphatic heterocycles. The number of hydrogen-bond donors (Lipinski definition) is 2.